The summed E-state index contributed by atoms with van der Waals surface area (Å²) in [5.74, 6) is 1.93. The first-order chi connectivity index (χ1) is 10.2. The van der Waals surface area contributed by atoms with Crippen molar-refractivity contribution in [1.29, 1.82) is 0 Å². The van der Waals surface area contributed by atoms with Gasteiger partial charge in [0.2, 0.25) is 5.91 Å². The zero-order chi connectivity index (χ0) is 14.4. The largest absolute Gasteiger partial charge is 0.349 e. The normalized spacial score (nSPS) is 29.6. The fourth-order valence-electron chi connectivity index (χ4n) is 3.37. The molecular weight excluding hydrogens is 264 g/mol. The van der Waals surface area contributed by atoms with Gasteiger partial charge >= 0.3 is 0 Å². The second-order valence-corrected chi connectivity index (χ2v) is 6.74. The molecule has 4 nitrogen and oxygen atoms in total. The van der Waals surface area contributed by atoms with Gasteiger partial charge in [-0.25, -0.2) is 0 Å². The SMILES string of the molecule is O=C(NC1CC1)c1ccc(NC(=O)C2CC3CC3C2)cc1. The number of carbonyl (C=O) groups excluding carboxylic acids is 2. The molecule has 4 heteroatoms. The van der Waals surface area contributed by atoms with Crippen LogP contribution in [0.2, 0.25) is 0 Å². The second kappa shape index (κ2) is 4.86. The van der Waals surface area contributed by atoms with Crippen LogP contribution >= 0.6 is 0 Å². The number of carbonyl (C=O) groups is 2. The molecule has 1 aromatic carbocycles. The van der Waals surface area contributed by atoms with E-state index in [0.29, 0.717) is 11.6 Å². The van der Waals surface area contributed by atoms with Crippen LogP contribution in [-0.2, 0) is 4.79 Å². The third-order valence-corrected chi connectivity index (χ3v) is 4.94. The Morgan fingerprint density at radius 1 is 0.952 bits per heavy atom. The van der Waals surface area contributed by atoms with Gasteiger partial charge in [0.05, 0.1) is 0 Å². The predicted octanol–water partition coefficient (Wildman–Crippen LogP) is 2.56. The van der Waals surface area contributed by atoms with Gasteiger partial charge in [-0.2, -0.15) is 0 Å². The standard InChI is InChI=1S/C17H20N2O2/c20-16(18-15-5-6-15)10-1-3-14(4-2-10)19-17(21)13-8-11-7-12(11)9-13/h1-4,11-13,15H,5-9H2,(H,18,20)(H,19,21). The van der Waals surface area contributed by atoms with Gasteiger partial charge in [-0.1, -0.05) is 0 Å². The van der Waals surface area contributed by atoms with Gasteiger partial charge < -0.3 is 10.6 Å². The molecule has 21 heavy (non-hydrogen) atoms. The van der Waals surface area contributed by atoms with Crippen molar-refractivity contribution in [3.8, 4) is 0 Å². The Morgan fingerprint density at radius 2 is 1.62 bits per heavy atom. The summed E-state index contributed by atoms with van der Waals surface area (Å²) >= 11 is 0. The summed E-state index contributed by atoms with van der Waals surface area (Å²) in [5.41, 5.74) is 1.44. The molecule has 2 atom stereocenters. The highest BCUT2D eigenvalue weighted by molar-refractivity contribution is 5.96. The Labute approximate surface area is 124 Å². The first kappa shape index (κ1) is 12.9. The van der Waals surface area contributed by atoms with Crippen LogP contribution in [0.3, 0.4) is 0 Å². The van der Waals surface area contributed by atoms with Crippen LogP contribution in [-0.4, -0.2) is 17.9 Å². The van der Waals surface area contributed by atoms with Crippen molar-refractivity contribution < 1.29 is 9.59 Å². The van der Waals surface area contributed by atoms with Crippen molar-refractivity contribution >= 4 is 17.5 Å². The van der Waals surface area contributed by atoms with Gasteiger partial charge in [-0.15, -0.1) is 0 Å². The van der Waals surface area contributed by atoms with E-state index in [1.54, 1.807) is 12.1 Å². The highest BCUT2D eigenvalue weighted by Gasteiger charge is 2.47. The van der Waals surface area contributed by atoms with E-state index in [1.165, 1.54) is 6.42 Å². The minimum atomic E-state index is -0.0220. The zero-order valence-corrected chi connectivity index (χ0v) is 12.0. The Hall–Kier alpha value is -1.84. The molecule has 2 N–H and O–H groups in total. The van der Waals surface area contributed by atoms with E-state index < -0.39 is 0 Å². The average Bonchev–Trinajstić information content (AvgIpc) is 3.40. The molecule has 0 aliphatic heterocycles. The van der Waals surface area contributed by atoms with Crippen LogP contribution in [0.4, 0.5) is 5.69 Å². The lowest BCUT2D eigenvalue weighted by Gasteiger charge is -2.12. The topological polar surface area (TPSA) is 58.2 Å². The van der Waals surface area contributed by atoms with Gasteiger partial charge in [0, 0.05) is 23.2 Å². The van der Waals surface area contributed by atoms with E-state index in [9.17, 15) is 9.59 Å². The lowest BCUT2D eigenvalue weighted by molar-refractivity contribution is -0.120. The summed E-state index contributed by atoms with van der Waals surface area (Å²) in [6, 6.07) is 7.55. The molecule has 4 rings (SSSR count). The van der Waals surface area contributed by atoms with E-state index in [1.807, 2.05) is 12.1 Å². The fourth-order valence-corrected chi connectivity index (χ4v) is 3.37. The van der Waals surface area contributed by atoms with Crippen molar-refractivity contribution in [2.24, 2.45) is 17.8 Å². The first-order valence-corrected chi connectivity index (χ1v) is 7.91. The van der Waals surface area contributed by atoms with Gasteiger partial charge in [0.15, 0.2) is 0 Å². The van der Waals surface area contributed by atoms with Gasteiger partial charge in [-0.3, -0.25) is 9.59 Å². The number of fused-ring (bicyclic) bond motifs is 1. The van der Waals surface area contributed by atoms with Crippen LogP contribution in [0.25, 0.3) is 0 Å². The first-order valence-electron chi connectivity index (χ1n) is 7.91. The number of rotatable bonds is 4. The smallest absolute Gasteiger partial charge is 0.251 e. The Balaban J connectivity index is 1.34. The highest BCUT2D eigenvalue weighted by atomic mass is 16.2. The number of benzene rings is 1. The Morgan fingerprint density at radius 3 is 2.24 bits per heavy atom. The third-order valence-electron chi connectivity index (χ3n) is 4.94. The van der Waals surface area contributed by atoms with Crippen LogP contribution in [0, 0.1) is 17.8 Å². The van der Waals surface area contributed by atoms with Gasteiger partial charge in [0.25, 0.3) is 5.91 Å². The van der Waals surface area contributed by atoms with Crippen LogP contribution in [0.5, 0.6) is 0 Å². The van der Waals surface area contributed by atoms with Gasteiger partial charge in [-0.05, 0) is 68.2 Å². The molecule has 3 aliphatic rings. The highest BCUT2D eigenvalue weighted by Crippen LogP contribution is 2.54. The second-order valence-electron chi connectivity index (χ2n) is 6.74. The minimum absolute atomic E-state index is 0.0220. The molecule has 0 aromatic heterocycles. The summed E-state index contributed by atoms with van der Waals surface area (Å²) in [6.07, 6.45) is 5.61. The third kappa shape index (κ3) is 2.80. The number of anilines is 1. The van der Waals surface area contributed by atoms with E-state index in [0.717, 1.165) is 43.2 Å². The fraction of sp³-hybridized carbons (Fsp3) is 0.529. The summed E-state index contributed by atoms with van der Waals surface area (Å²) in [5, 5.41) is 5.93. The summed E-state index contributed by atoms with van der Waals surface area (Å²) in [7, 11) is 0. The van der Waals surface area contributed by atoms with Crippen LogP contribution in [0.1, 0.15) is 42.5 Å². The number of amides is 2. The van der Waals surface area contributed by atoms with Crippen molar-refractivity contribution in [2.45, 2.75) is 38.1 Å². The molecule has 0 radical (unpaired) electrons. The maximum atomic E-state index is 12.2. The molecule has 0 spiro atoms. The Bertz CT molecular complexity index is 567. The lowest BCUT2D eigenvalue weighted by atomic mass is 10.0. The minimum Gasteiger partial charge on any atom is -0.349 e. The molecule has 0 saturated heterocycles. The number of nitrogens with one attached hydrogen (secondary N) is 2. The maximum absolute atomic E-state index is 12.2. The van der Waals surface area contributed by atoms with Gasteiger partial charge in [0.1, 0.15) is 0 Å². The number of hydrogen-bond acceptors (Lipinski definition) is 2. The van der Waals surface area contributed by atoms with E-state index in [2.05, 4.69) is 10.6 Å². The van der Waals surface area contributed by atoms with E-state index in [4.69, 9.17) is 0 Å². The van der Waals surface area contributed by atoms with Crippen molar-refractivity contribution in [1.82, 2.24) is 5.32 Å². The molecule has 2 unspecified atom stereocenters. The summed E-state index contributed by atoms with van der Waals surface area (Å²) < 4.78 is 0. The average molecular weight is 284 g/mol. The zero-order valence-electron chi connectivity index (χ0n) is 12.0. The van der Waals surface area contributed by atoms with Crippen LogP contribution in [0.15, 0.2) is 24.3 Å². The molecular formula is C17H20N2O2. The molecule has 3 aliphatic carbocycles. The van der Waals surface area contributed by atoms with Crippen molar-refractivity contribution in [2.75, 3.05) is 5.32 Å². The molecule has 110 valence electrons. The van der Waals surface area contributed by atoms with E-state index >= 15 is 0 Å². The van der Waals surface area contributed by atoms with Crippen LogP contribution < -0.4 is 10.6 Å². The molecule has 3 saturated carbocycles. The predicted molar refractivity (Wildman–Crippen MR) is 79.9 cm³/mol. The van der Waals surface area contributed by atoms with Crippen molar-refractivity contribution in [3.05, 3.63) is 29.8 Å². The van der Waals surface area contributed by atoms with E-state index in [-0.39, 0.29) is 17.7 Å². The van der Waals surface area contributed by atoms with Crippen molar-refractivity contribution in [3.63, 3.8) is 0 Å². The quantitative estimate of drug-likeness (QED) is 0.892. The molecule has 3 fully saturated rings. The molecule has 2 amide bonds. The molecule has 1 aromatic rings. The Kier molecular flexibility index (Phi) is 2.98. The summed E-state index contributed by atoms with van der Waals surface area (Å²) in [4.78, 5) is 24.0. The summed E-state index contributed by atoms with van der Waals surface area (Å²) in [6.45, 7) is 0. The molecule has 0 bridgehead atoms. The monoisotopic (exact) mass is 284 g/mol. The lowest BCUT2D eigenvalue weighted by Crippen LogP contribution is -2.25. The molecule has 0 heterocycles. The maximum Gasteiger partial charge on any atom is 0.251 e. The number of hydrogen-bond donors (Lipinski definition) is 2.